The summed E-state index contributed by atoms with van der Waals surface area (Å²) >= 11 is 0. The van der Waals surface area contributed by atoms with Crippen LogP contribution in [-0.2, 0) is 17.8 Å². The third-order valence-electron chi connectivity index (χ3n) is 5.53. The molecule has 0 bridgehead atoms. The van der Waals surface area contributed by atoms with Crippen LogP contribution < -0.4 is 10.1 Å². The first kappa shape index (κ1) is 20.0. The van der Waals surface area contributed by atoms with Crippen molar-refractivity contribution < 1.29 is 13.9 Å². The number of hydrogen-bond donors (Lipinski definition) is 1. The maximum atomic E-state index is 5.99. The Morgan fingerprint density at radius 1 is 1.03 bits per heavy atom. The first-order chi connectivity index (χ1) is 14.3. The van der Waals surface area contributed by atoms with E-state index in [4.69, 9.17) is 13.9 Å². The van der Waals surface area contributed by atoms with Crippen molar-refractivity contribution in [3.05, 3.63) is 65.9 Å². The van der Waals surface area contributed by atoms with E-state index in [0.29, 0.717) is 19.2 Å². The third kappa shape index (κ3) is 5.60. The van der Waals surface area contributed by atoms with Crippen molar-refractivity contribution >= 4 is 11.0 Å². The van der Waals surface area contributed by atoms with Crippen LogP contribution in [0.25, 0.3) is 11.0 Å². The highest BCUT2D eigenvalue weighted by molar-refractivity contribution is 5.77. The summed E-state index contributed by atoms with van der Waals surface area (Å²) in [5.74, 6) is 1.88. The Hall–Kier alpha value is -2.34. The molecule has 3 aromatic rings. The Bertz CT molecular complexity index is 869. The Morgan fingerprint density at radius 2 is 1.90 bits per heavy atom. The molecule has 0 unspecified atom stereocenters. The zero-order chi connectivity index (χ0) is 19.9. The number of hydrogen-bond acceptors (Lipinski definition) is 5. The fourth-order valence-electron chi connectivity index (χ4n) is 3.82. The molecular weight excluding hydrogens is 364 g/mol. The molecule has 2 aromatic carbocycles. The van der Waals surface area contributed by atoms with Crippen LogP contribution >= 0.6 is 0 Å². The molecule has 1 aromatic heterocycles. The average molecular weight is 395 g/mol. The highest BCUT2D eigenvalue weighted by atomic mass is 16.5. The summed E-state index contributed by atoms with van der Waals surface area (Å²) in [6.07, 6.45) is 2.23. The van der Waals surface area contributed by atoms with Crippen LogP contribution in [0.15, 0.2) is 59.0 Å². The van der Waals surface area contributed by atoms with Crippen molar-refractivity contribution in [2.24, 2.45) is 0 Å². The van der Waals surface area contributed by atoms with E-state index in [-0.39, 0.29) is 0 Å². The maximum Gasteiger partial charge on any atom is 0.134 e. The quantitative estimate of drug-likeness (QED) is 0.589. The summed E-state index contributed by atoms with van der Waals surface area (Å²) in [5.41, 5.74) is 2.14. The molecule has 2 heterocycles. The van der Waals surface area contributed by atoms with Gasteiger partial charge in [0.25, 0.3) is 0 Å². The van der Waals surface area contributed by atoms with Crippen molar-refractivity contribution in [3.63, 3.8) is 0 Å². The molecule has 0 spiro atoms. The second kappa shape index (κ2) is 9.92. The number of fused-ring (bicyclic) bond motifs is 1. The molecule has 154 valence electrons. The highest BCUT2D eigenvalue weighted by Crippen LogP contribution is 2.19. The van der Waals surface area contributed by atoms with Gasteiger partial charge >= 0.3 is 0 Å². The topological polar surface area (TPSA) is 46.9 Å². The minimum Gasteiger partial charge on any atom is -0.492 e. The van der Waals surface area contributed by atoms with Crippen LogP contribution in [0, 0.1) is 0 Å². The fourth-order valence-corrected chi connectivity index (χ4v) is 3.82. The smallest absolute Gasteiger partial charge is 0.134 e. The lowest BCUT2D eigenvalue weighted by Gasteiger charge is -2.31. The lowest BCUT2D eigenvalue weighted by molar-refractivity contribution is 0.0392. The van der Waals surface area contributed by atoms with Crippen LogP contribution in [0.2, 0.25) is 0 Å². The summed E-state index contributed by atoms with van der Waals surface area (Å²) in [6.45, 7) is 4.85. The lowest BCUT2D eigenvalue weighted by atomic mass is 10.1. The summed E-state index contributed by atoms with van der Waals surface area (Å²) in [6, 6.07) is 19.1. The Kier molecular flexibility index (Phi) is 6.83. The number of furan rings is 1. The van der Waals surface area contributed by atoms with E-state index < -0.39 is 0 Å². The summed E-state index contributed by atoms with van der Waals surface area (Å²) in [4.78, 5) is 2.39. The molecule has 1 aliphatic heterocycles. The zero-order valence-corrected chi connectivity index (χ0v) is 17.1. The monoisotopic (exact) mass is 394 g/mol. The number of ether oxygens (including phenoxy) is 2. The fraction of sp³-hybridized carbons (Fsp3) is 0.417. The molecule has 0 atom stereocenters. The second-order valence-corrected chi connectivity index (χ2v) is 7.67. The van der Waals surface area contributed by atoms with E-state index in [1.807, 2.05) is 24.3 Å². The van der Waals surface area contributed by atoms with Crippen LogP contribution in [0.5, 0.6) is 5.75 Å². The highest BCUT2D eigenvalue weighted by Gasteiger charge is 2.17. The van der Waals surface area contributed by atoms with E-state index in [1.54, 1.807) is 0 Å². The molecule has 0 aliphatic carbocycles. The molecule has 5 heteroatoms. The minimum atomic E-state index is 0.612. The van der Waals surface area contributed by atoms with Crippen molar-refractivity contribution in [2.45, 2.75) is 32.0 Å². The van der Waals surface area contributed by atoms with E-state index in [2.05, 4.69) is 47.6 Å². The predicted octanol–water partition coefficient (Wildman–Crippen LogP) is 4.21. The number of para-hydroxylation sites is 1. The van der Waals surface area contributed by atoms with Crippen LogP contribution in [0.1, 0.15) is 24.2 Å². The average Bonchev–Trinajstić information content (AvgIpc) is 3.17. The molecule has 4 rings (SSSR count). The van der Waals surface area contributed by atoms with Gasteiger partial charge in [0, 0.05) is 37.7 Å². The first-order valence-corrected chi connectivity index (χ1v) is 10.5. The largest absolute Gasteiger partial charge is 0.492 e. The van der Waals surface area contributed by atoms with Gasteiger partial charge in [0.05, 0.1) is 6.54 Å². The van der Waals surface area contributed by atoms with Crippen LogP contribution in [0.4, 0.5) is 0 Å². The zero-order valence-electron chi connectivity index (χ0n) is 17.1. The number of benzene rings is 2. The molecule has 1 fully saturated rings. The van der Waals surface area contributed by atoms with Gasteiger partial charge < -0.3 is 19.2 Å². The predicted molar refractivity (Wildman–Crippen MR) is 115 cm³/mol. The number of nitrogens with zero attached hydrogens (tertiary/aromatic N) is 1. The number of likely N-dealkylation sites (N-methyl/N-ethyl adjacent to an activating group) is 1. The molecule has 1 saturated heterocycles. The third-order valence-corrected chi connectivity index (χ3v) is 5.53. The van der Waals surface area contributed by atoms with Gasteiger partial charge in [-0.15, -0.1) is 0 Å². The summed E-state index contributed by atoms with van der Waals surface area (Å²) in [7, 11) is 2.18. The molecular formula is C24H30N2O3. The maximum absolute atomic E-state index is 5.99. The Balaban J connectivity index is 1.21. The normalized spacial score (nSPS) is 15.2. The first-order valence-electron chi connectivity index (χ1n) is 10.5. The molecule has 0 saturated carbocycles. The van der Waals surface area contributed by atoms with Gasteiger partial charge in [0.1, 0.15) is 23.7 Å². The Labute approximate surface area is 172 Å². The molecule has 0 amide bonds. The SMILES string of the molecule is CN(CCOc1cccc(CNCc2cc3ccccc3o2)c1)C1CCOCC1. The standard InChI is InChI=1S/C24H30N2O3/c1-26(21-9-12-27-13-10-21)11-14-28-22-7-4-5-19(15-22)17-25-18-23-16-20-6-2-3-8-24(20)29-23/h2-8,15-16,21,25H,9-14,17-18H2,1H3. The van der Waals surface area contributed by atoms with Crippen molar-refractivity contribution in [1.29, 1.82) is 0 Å². The van der Waals surface area contributed by atoms with E-state index in [0.717, 1.165) is 61.6 Å². The van der Waals surface area contributed by atoms with Crippen molar-refractivity contribution in [3.8, 4) is 5.75 Å². The van der Waals surface area contributed by atoms with Crippen LogP contribution in [-0.4, -0.2) is 44.4 Å². The second-order valence-electron chi connectivity index (χ2n) is 7.67. The molecule has 5 nitrogen and oxygen atoms in total. The summed E-state index contributed by atoms with van der Waals surface area (Å²) in [5, 5.41) is 4.60. The van der Waals surface area contributed by atoms with Crippen molar-refractivity contribution in [2.75, 3.05) is 33.4 Å². The van der Waals surface area contributed by atoms with Gasteiger partial charge in [-0.05, 0) is 49.7 Å². The number of nitrogens with one attached hydrogen (secondary N) is 1. The summed E-state index contributed by atoms with van der Waals surface area (Å²) < 4.78 is 17.3. The van der Waals surface area contributed by atoms with Crippen LogP contribution in [0.3, 0.4) is 0 Å². The molecule has 0 radical (unpaired) electrons. The minimum absolute atomic E-state index is 0.612. The number of rotatable bonds is 9. The van der Waals surface area contributed by atoms with Gasteiger partial charge in [0.15, 0.2) is 0 Å². The van der Waals surface area contributed by atoms with Gasteiger partial charge in [-0.1, -0.05) is 30.3 Å². The molecule has 29 heavy (non-hydrogen) atoms. The van der Waals surface area contributed by atoms with Gasteiger partial charge in [-0.25, -0.2) is 0 Å². The Morgan fingerprint density at radius 3 is 2.76 bits per heavy atom. The van der Waals surface area contributed by atoms with Gasteiger partial charge in [-0.3, -0.25) is 4.90 Å². The van der Waals surface area contributed by atoms with Gasteiger partial charge in [0.2, 0.25) is 0 Å². The molecule has 1 aliphatic rings. The van der Waals surface area contributed by atoms with E-state index >= 15 is 0 Å². The van der Waals surface area contributed by atoms with Crippen molar-refractivity contribution in [1.82, 2.24) is 10.2 Å². The van der Waals surface area contributed by atoms with E-state index in [1.165, 1.54) is 5.56 Å². The van der Waals surface area contributed by atoms with Gasteiger partial charge in [-0.2, -0.15) is 0 Å². The van der Waals surface area contributed by atoms with E-state index in [9.17, 15) is 0 Å². The lowest BCUT2D eigenvalue weighted by Crippen LogP contribution is -2.38. The molecule has 1 N–H and O–H groups in total.